The molecule has 0 radical (unpaired) electrons. The molecule has 1 fully saturated rings. The van der Waals surface area contributed by atoms with E-state index in [0.29, 0.717) is 32.5 Å². The summed E-state index contributed by atoms with van der Waals surface area (Å²) in [6, 6.07) is -0.363. The van der Waals surface area contributed by atoms with Crippen LogP contribution in [0, 0.1) is 21.7 Å². The zero-order valence-electron chi connectivity index (χ0n) is 35.7. The van der Waals surface area contributed by atoms with Crippen molar-refractivity contribution in [1.29, 1.82) is 0 Å². The van der Waals surface area contributed by atoms with Crippen LogP contribution in [-0.2, 0) is 71.4 Å². The lowest BCUT2D eigenvalue weighted by Gasteiger charge is -2.47. The first-order chi connectivity index (χ1) is 28.2. The maximum absolute atomic E-state index is 13.5. The Hall–Kier alpha value is -5.29. The van der Waals surface area contributed by atoms with Crippen LogP contribution in [0.15, 0.2) is 63.3 Å². The van der Waals surface area contributed by atoms with Gasteiger partial charge >= 0.3 is 41.9 Å². The lowest BCUT2D eigenvalue weighted by atomic mass is 9.61. The number of hydrogen-bond acceptors (Lipinski definition) is 16. The molecule has 0 aromatic rings. The van der Waals surface area contributed by atoms with E-state index < -0.39 is 99.6 Å². The molecule has 17 heteroatoms. The van der Waals surface area contributed by atoms with Gasteiger partial charge in [0.05, 0.1) is 30.7 Å². The Morgan fingerprint density at radius 2 is 1.03 bits per heavy atom. The van der Waals surface area contributed by atoms with E-state index in [1.165, 1.54) is 0 Å². The van der Waals surface area contributed by atoms with E-state index in [4.69, 9.17) is 42.6 Å². The third-order valence-corrected chi connectivity index (χ3v) is 9.35. The van der Waals surface area contributed by atoms with Crippen LogP contribution in [0.5, 0.6) is 0 Å². The van der Waals surface area contributed by atoms with Gasteiger partial charge in [0.15, 0.2) is 0 Å². The van der Waals surface area contributed by atoms with Crippen LogP contribution in [0.3, 0.4) is 0 Å². The standard InChI is InChI=1S/C43H63NO16/c1-11-33(45)54-25-42(26-55-34(46)12-2,27-56-35(47)13-3)23-53-24-43(28-57-36(48)14-4,29-58-37(49)15-5)30-59-39(51)44-32-19-40(8,9)22-41(10,20-32)18-17-38(50)60-31(7)21-52-16-6/h11-15,31-32H,1-5,16-30H2,6-10H3,(H,44,51). The quantitative estimate of drug-likeness (QED) is 0.0614. The smallest absolute Gasteiger partial charge is 0.407 e. The molecule has 1 rings (SSSR count). The zero-order valence-corrected chi connectivity index (χ0v) is 35.7. The molecule has 1 saturated carbocycles. The second kappa shape index (κ2) is 26.0. The minimum absolute atomic E-state index is 0.181. The summed E-state index contributed by atoms with van der Waals surface area (Å²) in [5.74, 6) is -4.59. The minimum atomic E-state index is -1.59. The Balaban J connectivity index is 3.38. The molecule has 3 atom stereocenters. The van der Waals surface area contributed by atoms with Crippen LogP contribution in [-0.4, -0.2) is 120 Å². The molecule has 0 aliphatic heterocycles. The van der Waals surface area contributed by atoms with Crippen LogP contribution in [0.25, 0.3) is 0 Å². The van der Waals surface area contributed by atoms with Crippen molar-refractivity contribution in [1.82, 2.24) is 5.32 Å². The Bertz CT molecular complexity index is 1450. The van der Waals surface area contributed by atoms with Crippen molar-refractivity contribution in [3.05, 3.63) is 63.3 Å². The Morgan fingerprint density at radius 3 is 1.42 bits per heavy atom. The highest BCUT2D eigenvalue weighted by molar-refractivity contribution is 5.83. The van der Waals surface area contributed by atoms with Crippen molar-refractivity contribution in [2.24, 2.45) is 21.7 Å². The number of ether oxygens (including phenoxy) is 9. The van der Waals surface area contributed by atoms with E-state index in [-0.39, 0.29) is 35.4 Å². The molecule has 0 aromatic heterocycles. The fourth-order valence-corrected chi connectivity index (χ4v) is 6.76. The first-order valence-corrected chi connectivity index (χ1v) is 19.5. The number of esters is 6. The molecule has 0 saturated heterocycles. The third kappa shape index (κ3) is 20.6. The van der Waals surface area contributed by atoms with Crippen LogP contribution >= 0.6 is 0 Å². The van der Waals surface area contributed by atoms with Crippen molar-refractivity contribution in [2.45, 2.75) is 78.9 Å². The highest BCUT2D eigenvalue weighted by Crippen LogP contribution is 2.48. The average molecular weight is 850 g/mol. The van der Waals surface area contributed by atoms with E-state index in [1.807, 2.05) is 6.92 Å². The molecule has 0 spiro atoms. The SMILES string of the molecule is C=CC(=O)OCC(COCC(COC(=O)C=C)(COC(=O)C=C)COC(=O)NC1CC(C)(C)CC(C)(CCC(=O)OC(C)COCC)C1)(COC(=O)C=C)COC(=O)C=C. The Kier molecular flexibility index (Phi) is 22.9. The molecule has 1 aliphatic carbocycles. The topological polar surface area (TPSA) is 215 Å². The monoisotopic (exact) mass is 849 g/mol. The summed E-state index contributed by atoms with van der Waals surface area (Å²) < 4.78 is 49.1. The maximum Gasteiger partial charge on any atom is 0.407 e. The van der Waals surface area contributed by atoms with Crippen molar-refractivity contribution >= 4 is 41.9 Å². The average Bonchev–Trinajstić information content (AvgIpc) is 3.21. The molecule has 3 unspecified atom stereocenters. The van der Waals surface area contributed by atoms with Crippen molar-refractivity contribution < 1.29 is 76.2 Å². The summed E-state index contributed by atoms with van der Waals surface area (Å²) in [6.07, 6.45) is 5.87. The second-order valence-corrected chi connectivity index (χ2v) is 16.0. The first kappa shape index (κ1) is 52.7. The van der Waals surface area contributed by atoms with Crippen LogP contribution in [0.4, 0.5) is 4.79 Å². The van der Waals surface area contributed by atoms with Gasteiger partial charge in [0.1, 0.15) is 45.7 Å². The van der Waals surface area contributed by atoms with Crippen LogP contribution in [0.1, 0.15) is 66.7 Å². The Labute approximate surface area is 352 Å². The summed E-state index contributed by atoms with van der Waals surface area (Å²) in [5, 5.41) is 2.92. The van der Waals surface area contributed by atoms with E-state index in [0.717, 1.165) is 36.8 Å². The van der Waals surface area contributed by atoms with Gasteiger partial charge in [-0.15, -0.1) is 0 Å². The van der Waals surface area contributed by atoms with Crippen molar-refractivity contribution in [2.75, 3.05) is 66.1 Å². The highest BCUT2D eigenvalue weighted by atomic mass is 16.6. The van der Waals surface area contributed by atoms with Crippen LogP contribution in [0.2, 0.25) is 0 Å². The predicted molar refractivity (Wildman–Crippen MR) is 217 cm³/mol. The van der Waals surface area contributed by atoms with Gasteiger partial charge in [-0.05, 0) is 50.4 Å². The van der Waals surface area contributed by atoms with Crippen molar-refractivity contribution in [3.63, 3.8) is 0 Å². The highest BCUT2D eigenvalue weighted by Gasteiger charge is 2.43. The molecular formula is C43H63NO16. The maximum atomic E-state index is 13.5. The van der Waals surface area contributed by atoms with Gasteiger partial charge < -0.3 is 47.9 Å². The number of rotatable bonds is 29. The summed E-state index contributed by atoms with van der Waals surface area (Å²) >= 11 is 0. The summed E-state index contributed by atoms with van der Waals surface area (Å²) in [7, 11) is 0. The number of hydrogen-bond donors (Lipinski definition) is 1. The van der Waals surface area contributed by atoms with E-state index in [1.54, 1.807) is 6.92 Å². The molecule has 336 valence electrons. The fraction of sp³-hybridized carbons (Fsp3) is 0.605. The molecule has 1 N–H and O–H groups in total. The lowest BCUT2D eigenvalue weighted by Crippen LogP contribution is -2.49. The normalized spacial score (nSPS) is 17.6. The molecule has 0 bridgehead atoms. The molecule has 0 aromatic carbocycles. The second-order valence-electron chi connectivity index (χ2n) is 16.0. The predicted octanol–water partition coefficient (Wildman–Crippen LogP) is 4.68. The van der Waals surface area contributed by atoms with Gasteiger partial charge in [-0.1, -0.05) is 53.7 Å². The summed E-state index contributed by atoms with van der Waals surface area (Å²) in [4.78, 5) is 87.1. The molecule has 17 nitrogen and oxygen atoms in total. The summed E-state index contributed by atoms with van der Waals surface area (Å²) in [5.41, 5.74) is -3.70. The summed E-state index contributed by atoms with van der Waals surface area (Å²) in [6.45, 7) is 23.5. The van der Waals surface area contributed by atoms with Gasteiger partial charge in [0, 0.05) is 49.4 Å². The van der Waals surface area contributed by atoms with Gasteiger partial charge in [-0.3, -0.25) is 4.79 Å². The van der Waals surface area contributed by atoms with Crippen molar-refractivity contribution in [3.8, 4) is 0 Å². The fourth-order valence-electron chi connectivity index (χ4n) is 6.76. The van der Waals surface area contributed by atoms with E-state index >= 15 is 0 Å². The zero-order chi connectivity index (χ0) is 45.4. The molecule has 1 amide bonds. The number of carbonyl (C=O) groups is 7. The molecular weight excluding hydrogens is 786 g/mol. The van der Waals surface area contributed by atoms with Gasteiger partial charge in [-0.2, -0.15) is 0 Å². The minimum Gasteiger partial charge on any atom is -0.462 e. The number of nitrogens with one attached hydrogen (secondary N) is 1. The van der Waals surface area contributed by atoms with Gasteiger partial charge in [-0.25, -0.2) is 28.8 Å². The molecule has 1 aliphatic rings. The van der Waals surface area contributed by atoms with Crippen LogP contribution < -0.4 is 5.32 Å². The molecule has 60 heavy (non-hydrogen) atoms. The van der Waals surface area contributed by atoms with Gasteiger partial charge in [0.2, 0.25) is 0 Å². The first-order valence-electron chi connectivity index (χ1n) is 19.5. The number of amides is 1. The lowest BCUT2D eigenvalue weighted by molar-refractivity contribution is -0.167. The number of alkyl carbamates (subject to hydrolysis) is 1. The number of carbonyl (C=O) groups excluding carboxylic acids is 7. The van der Waals surface area contributed by atoms with E-state index in [9.17, 15) is 33.6 Å². The third-order valence-electron chi connectivity index (χ3n) is 9.35. The largest absolute Gasteiger partial charge is 0.462 e. The van der Waals surface area contributed by atoms with Gasteiger partial charge in [0.25, 0.3) is 0 Å². The Morgan fingerprint density at radius 1 is 0.633 bits per heavy atom. The molecule has 0 heterocycles. The van der Waals surface area contributed by atoms with E-state index in [2.05, 4.69) is 59.0 Å².